The Labute approximate surface area is 107 Å². The van der Waals surface area contributed by atoms with Crippen molar-refractivity contribution in [1.29, 1.82) is 0 Å². The first kappa shape index (κ1) is 9.95. The van der Waals surface area contributed by atoms with Crippen molar-refractivity contribution in [2.24, 2.45) is 0 Å². The van der Waals surface area contributed by atoms with Crippen LogP contribution in [-0.2, 0) is 12.8 Å². The van der Waals surface area contributed by atoms with E-state index in [9.17, 15) is 0 Å². The fourth-order valence-electron chi connectivity index (χ4n) is 3.16. The molecule has 0 amide bonds. The highest BCUT2D eigenvalue weighted by Gasteiger charge is 2.36. The summed E-state index contributed by atoms with van der Waals surface area (Å²) in [6, 6.07) is 17.3. The van der Waals surface area contributed by atoms with Crippen molar-refractivity contribution in [3.05, 3.63) is 71.3 Å². The summed E-state index contributed by atoms with van der Waals surface area (Å²) in [5, 5.41) is 3.70. The minimum Gasteiger partial charge on any atom is -0.375 e. The van der Waals surface area contributed by atoms with Crippen LogP contribution in [-0.4, -0.2) is 5.54 Å². The lowest BCUT2D eigenvalue weighted by molar-refractivity contribution is 0.591. The van der Waals surface area contributed by atoms with Crippen molar-refractivity contribution in [2.75, 3.05) is 5.32 Å². The monoisotopic (exact) mass is 233 g/mol. The lowest BCUT2D eigenvalue weighted by atomic mass is 9.81. The molecule has 1 unspecified atom stereocenters. The van der Waals surface area contributed by atoms with E-state index in [4.69, 9.17) is 0 Å². The number of nitrogens with one attached hydrogen (secondary N) is 1. The summed E-state index contributed by atoms with van der Waals surface area (Å²) >= 11 is 0. The first-order chi connectivity index (χ1) is 8.85. The van der Waals surface area contributed by atoms with E-state index in [1.807, 2.05) is 0 Å². The van der Waals surface area contributed by atoms with Crippen molar-refractivity contribution in [2.45, 2.75) is 18.4 Å². The van der Waals surface area contributed by atoms with Gasteiger partial charge in [-0.15, -0.1) is 0 Å². The van der Waals surface area contributed by atoms with Crippen LogP contribution in [0.3, 0.4) is 0 Å². The third-order valence-electron chi connectivity index (χ3n) is 4.05. The zero-order valence-corrected chi connectivity index (χ0v) is 10.2. The van der Waals surface area contributed by atoms with Gasteiger partial charge in [-0.3, -0.25) is 0 Å². The van der Waals surface area contributed by atoms with E-state index in [1.165, 1.54) is 22.4 Å². The van der Waals surface area contributed by atoms with Crippen LogP contribution in [0.5, 0.6) is 0 Å². The Morgan fingerprint density at radius 2 is 1.56 bits per heavy atom. The lowest BCUT2D eigenvalue weighted by Crippen LogP contribution is -2.38. The molecule has 2 aromatic carbocycles. The van der Waals surface area contributed by atoms with Crippen LogP contribution in [0.25, 0.3) is 6.08 Å². The van der Waals surface area contributed by atoms with Crippen LogP contribution in [0.15, 0.2) is 54.6 Å². The number of rotatable bonds is 0. The Bertz CT molecular complexity index is 615. The van der Waals surface area contributed by atoms with Gasteiger partial charge < -0.3 is 5.32 Å². The van der Waals surface area contributed by atoms with Gasteiger partial charge in [0.25, 0.3) is 0 Å². The maximum Gasteiger partial charge on any atom is 0.0641 e. The normalized spacial score (nSPS) is 23.6. The van der Waals surface area contributed by atoms with Crippen LogP contribution < -0.4 is 5.32 Å². The molecule has 88 valence electrons. The predicted octanol–water partition coefficient (Wildman–Crippen LogP) is 3.66. The maximum atomic E-state index is 3.70. The molecule has 0 radical (unpaired) electrons. The second-order valence-corrected chi connectivity index (χ2v) is 5.32. The number of fused-ring (bicyclic) bond motifs is 2. The maximum absolute atomic E-state index is 3.70. The Hall–Kier alpha value is -2.02. The quantitative estimate of drug-likeness (QED) is 0.732. The van der Waals surface area contributed by atoms with E-state index in [0.29, 0.717) is 0 Å². The van der Waals surface area contributed by atoms with E-state index < -0.39 is 0 Å². The smallest absolute Gasteiger partial charge is 0.0641 e. The van der Waals surface area contributed by atoms with Gasteiger partial charge in [-0.25, -0.2) is 0 Å². The zero-order chi connectivity index (χ0) is 12.0. The highest BCUT2D eigenvalue weighted by atomic mass is 15.0. The molecule has 1 N–H and O–H groups in total. The predicted molar refractivity (Wildman–Crippen MR) is 75.7 cm³/mol. The number of para-hydroxylation sites is 1. The van der Waals surface area contributed by atoms with Crippen LogP contribution in [0.4, 0.5) is 5.69 Å². The van der Waals surface area contributed by atoms with E-state index in [1.54, 1.807) is 0 Å². The molecule has 4 rings (SSSR count). The van der Waals surface area contributed by atoms with Gasteiger partial charge in [0.1, 0.15) is 0 Å². The second-order valence-electron chi connectivity index (χ2n) is 5.32. The fraction of sp³-hybridized carbons (Fsp3) is 0.176. The molecule has 1 heterocycles. The summed E-state index contributed by atoms with van der Waals surface area (Å²) in [7, 11) is 0. The molecule has 0 fully saturated rings. The minimum atomic E-state index is 0.0953. The summed E-state index contributed by atoms with van der Waals surface area (Å²) in [5.41, 5.74) is 5.63. The molecule has 1 aliphatic carbocycles. The van der Waals surface area contributed by atoms with E-state index in [0.717, 1.165) is 12.8 Å². The average molecular weight is 233 g/mol. The number of anilines is 1. The molecule has 1 nitrogen and oxygen atoms in total. The van der Waals surface area contributed by atoms with Gasteiger partial charge in [0.15, 0.2) is 0 Å². The molecular formula is C17H15N. The topological polar surface area (TPSA) is 12.0 Å². The Morgan fingerprint density at radius 3 is 2.44 bits per heavy atom. The summed E-state index contributed by atoms with van der Waals surface area (Å²) in [5.74, 6) is 0. The van der Waals surface area contributed by atoms with E-state index in [-0.39, 0.29) is 5.54 Å². The number of benzene rings is 2. The molecule has 1 atom stereocenters. The van der Waals surface area contributed by atoms with Crippen LogP contribution in [0, 0.1) is 0 Å². The average Bonchev–Trinajstić information content (AvgIpc) is 2.76. The molecule has 0 saturated carbocycles. The number of hydrogen-bond acceptors (Lipinski definition) is 1. The first-order valence-corrected chi connectivity index (χ1v) is 6.48. The fourth-order valence-corrected chi connectivity index (χ4v) is 3.16. The van der Waals surface area contributed by atoms with Crippen molar-refractivity contribution >= 4 is 11.8 Å². The standard InChI is InChI=1S/C17H15N/c1-2-6-14-11-17(10-9-13(14)5-1)12-15-7-3-4-8-16(15)18-17/h1-10,18H,11-12H2. The van der Waals surface area contributed by atoms with Gasteiger partial charge in [-0.1, -0.05) is 54.6 Å². The molecule has 1 spiro atoms. The summed E-state index contributed by atoms with van der Waals surface area (Å²) in [6.07, 6.45) is 6.77. The lowest BCUT2D eigenvalue weighted by Gasteiger charge is -2.31. The van der Waals surface area contributed by atoms with Crippen LogP contribution in [0.1, 0.15) is 16.7 Å². The van der Waals surface area contributed by atoms with Crippen LogP contribution >= 0.6 is 0 Å². The highest BCUT2D eigenvalue weighted by molar-refractivity contribution is 5.67. The SMILES string of the molecule is C1=CC2(Cc3ccccc31)Cc1ccccc1N2. The van der Waals surface area contributed by atoms with Gasteiger partial charge in [-0.05, 0) is 29.2 Å². The van der Waals surface area contributed by atoms with Gasteiger partial charge in [0.2, 0.25) is 0 Å². The zero-order valence-electron chi connectivity index (χ0n) is 10.2. The first-order valence-electron chi connectivity index (χ1n) is 6.48. The van der Waals surface area contributed by atoms with Crippen molar-refractivity contribution < 1.29 is 0 Å². The minimum absolute atomic E-state index is 0.0953. The number of hydrogen-bond donors (Lipinski definition) is 1. The summed E-state index contributed by atoms with van der Waals surface area (Å²) < 4.78 is 0. The molecule has 0 bridgehead atoms. The van der Waals surface area contributed by atoms with E-state index >= 15 is 0 Å². The third kappa shape index (κ3) is 1.40. The molecule has 18 heavy (non-hydrogen) atoms. The Morgan fingerprint density at radius 1 is 0.833 bits per heavy atom. The molecular weight excluding hydrogens is 218 g/mol. The molecule has 2 aliphatic rings. The molecule has 1 aliphatic heterocycles. The second kappa shape index (κ2) is 3.49. The van der Waals surface area contributed by atoms with E-state index in [2.05, 4.69) is 66.0 Å². The van der Waals surface area contributed by atoms with Crippen molar-refractivity contribution in [3.63, 3.8) is 0 Å². The molecule has 1 heteroatoms. The van der Waals surface area contributed by atoms with Gasteiger partial charge in [0, 0.05) is 12.1 Å². The Balaban J connectivity index is 1.74. The molecule has 2 aromatic rings. The highest BCUT2D eigenvalue weighted by Crippen LogP contribution is 2.38. The Kier molecular flexibility index (Phi) is 1.93. The largest absolute Gasteiger partial charge is 0.375 e. The van der Waals surface area contributed by atoms with Gasteiger partial charge in [0.05, 0.1) is 5.54 Å². The van der Waals surface area contributed by atoms with Crippen LogP contribution in [0.2, 0.25) is 0 Å². The van der Waals surface area contributed by atoms with Crippen molar-refractivity contribution in [1.82, 2.24) is 0 Å². The van der Waals surface area contributed by atoms with Crippen molar-refractivity contribution in [3.8, 4) is 0 Å². The van der Waals surface area contributed by atoms with Gasteiger partial charge >= 0.3 is 0 Å². The molecule has 0 aromatic heterocycles. The third-order valence-corrected chi connectivity index (χ3v) is 4.05. The molecule has 0 saturated heterocycles. The summed E-state index contributed by atoms with van der Waals surface area (Å²) in [4.78, 5) is 0. The van der Waals surface area contributed by atoms with Gasteiger partial charge in [-0.2, -0.15) is 0 Å². The summed E-state index contributed by atoms with van der Waals surface area (Å²) in [6.45, 7) is 0.